The highest BCUT2D eigenvalue weighted by molar-refractivity contribution is 5.75. The fourth-order valence-corrected chi connectivity index (χ4v) is 2.73. The molecule has 1 unspecified atom stereocenters. The van der Waals surface area contributed by atoms with Gasteiger partial charge in [-0.05, 0) is 25.7 Å². The van der Waals surface area contributed by atoms with Crippen LogP contribution in [0.4, 0.5) is 0 Å². The van der Waals surface area contributed by atoms with Crippen LogP contribution in [0.2, 0.25) is 0 Å². The minimum atomic E-state index is -0.790. The van der Waals surface area contributed by atoms with E-state index in [0.29, 0.717) is 18.2 Å². The van der Waals surface area contributed by atoms with Gasteiger partial charge in [0.2, 0.25) is 0 Å². The number of aromatic nitrogens is 3. The van der Waals surface area contributed by atoms with E-state index in [-0.39, 0.29) is 0 Å². The molecule has 1 aromatic heterocycles. The highest BCUT2D eigenvalue weighted by Gasteiger charge is 2.31. The van der Waals surface area contributed by atoms with Crippen molar-refractivity contribution < 1.29 is 14.6 Å². The second kappa shape index (κ2) is 4.68. The van der Waals surface area contributed by atoms with Gasteiger partial charge in [0.25, 0.3) is 0 Å². The van der Waals surface area contributed by atoms with Crippen molar-refractivity contribution in [3.63, 3.8) is 0 Å². The fourth-order valence-electron chi connectivity index (χ4n) is 2.73. The van der Waals surface area contributed by atoms with Crippen LogP contribution < -0.4 is 0 Å². The zero-order chi connectivity index (χ0) is 12.5. The van der Waals surface area contributed by atoms with Crippen molar-refractivity contribution in [2.45, 2.75) is 44.1 Å². The van der Waals surface area contributed by atoms with Crippen LogP contribution >= 0.6 is 0 Å². The molecule has 2 aliphatic rings. The van der Waals surface area contributed by atoms with E-state index >= 15 is 0 Å². The zero-order valence-electron chi connectivity index (χ0n) is 10.2. The van der Waals surface area contributed by atoms with E-state index in [1.54, 1.807) is 4.68 Å². The molecular weight excluding hydrogens is 234 g/mol. The van der Waals surface area contributed by atoms with Crippen molar-refractivity contribution >= 4 is 5.97 Å². The molecule has 0 aromatic carbocycles. The summed E-state index contributed by atoms with van der Waals surface area (Å²) in [5.41, 5.74) is 0. The fraction of sp³-hybridized carbons (Fsp3) is 0.750. The van der Waals surface area contributed by atoms with Crippen LogP contribution in [0.1, 0.15) is 49.2 Å². The van der Waals surface area contributed by atoms with E-state index in [2.05, 4.69) is 10.1 Å². The average Bonchev–Trinajstić information content (AvgIpc) is 2.83. The van der Waals surface area contributed by atoms with E-state index in [1.807, 2.05) is 0 Å². The number of hydrogen-bond acceptors (Lipinski definition) is 4. The summed E-state index contributed by atoms with van der Waals surface area (Å²) >= 11 is 0. The van der Waals surface area contributed by atoms with Crippen molar-refractivity contribution in [1.82, 2.24) is 14.8 Å². The van der Waals surface area contributed by atoms with Gasteiger partial charge in [0.15, 0.2) is 5.82 Å². The van der Waals surface area contributed by atoms with E-state index < -0.39 is 11.9 Å². The highest BCUT2D eigenvalue weighted by atomic mass is 16.5. The van der Waals surface area contributed by atoms with Crippen LogP contribution in [0.25, 0.3) is 0 Å². The van der Waals surface area contributed by atoms with Crippen LogP contribution in [0.5, 0.6) is 0 Å². The predicted octanol–water partition coefficient (Wildman–Crippen LogP) is 1.13. The molecule has 0 saturated carbocycles. The second-order valence-electron chi connectivity index (χ2n) is 4.97. The van der Waals surface area contributed by atoms with E-state index in [4.69, 9.17) is 4.74 Å². The molecule has 0 spiro atoms. The lowest BCUT2D eigenvalue weighted by molar-refractivity contribution is -0.139. The van der Waals surface area contributed by atoms with Crippen LogP contribution in [0, 0.1) is 0 Å². The molecule has 1 aromatic rings. The maximum atomic E-state index is 11.2. The summed E-state index contributed by atoms with van der Waals surface area (Å²) in [6.45, 7) is 2.28. The number of carboxylic acid groups (broad SMARTS) is 1. The quantitative estimate of drug-likeness (QED) is 0.852. The molecule has 0 aliphatic carbocycles. The van der Waals surface area contributed by atoms with Crippen molar-refractivity contribution in [3.8, 4) is 0 Å². The number of aliphatic carboxylic acids is 1. The molecule has 3 rings (SSSR count). The molecule has 0 amide bonds. The van der Waals surface area contributed by atoms with Crippen LogP contribution in [-0.2, 0) is 16.1 Å². The molecule has 6 heteroatoms. The van der Waals surface area contributed by atoms with Gasteiger partial charge in [0, 0.05) is 25.7 Å². The Kier molecular flexibility index (Phi) is 3.03. The Morgan fingerprint density at radius 1 is 1.33 bits per heavy atom. The topological polar surface area (TPSA) is 77.2 Å². The van der Waals surface area contributed by atoms with Crippen LogP contribution in [0.3, 0.4) is 0 Å². The summed E-state index contributed by atoms with van der Waals surface area (Å²) in [5.74, 6) is 0.490. The first kappa shape index (κ1) is 11.6. The first-order chi connectivity index (χ1) is 8.75. The van der Waals surface area contributed by atoms with Crippen molar-refractivity contribution in [3.05, 3.63) is 11.6 Å². The van der Waals surface area contributed by atoms with Gasteiger partial charge in [0.1, 0.15) is 11.7 Å². The third-order valence-electron chi connectivity index (χ3n) is 3.78. The highest BCUT2D eigenvalue weighted by Crippen LogP contribution is 2.30. The Labute approximate surface area is 105 Å². The Morgan fingerprint density at radius 3 is 2.83 bits per heavy atom. The van der Waals surface area contributed by atoms with E-state index in [9.17, 15) is 9.90 Å². The molecule has 1 N–H and O–H groups in total. The molecule has 2 aliphatic heterocycles. The summed E-state index contributed by atoms with van der Waals surface area (Å²) in [4.78, 5) is 15.7. The zero-order valence-corrected chi connectivity index (χ0v) is 10.2. The van der Waals surface area contributed by atoms with Gasteiger partial charge in [-0.15, -0.1) is 0 Å². The molecule has 0 radical (unpaired) electrons. The van der Waals surface area contributed by atoms with E-state index in [0.717, 1.165) is 44.8 Å². The predicted molar refractivity (Wildman–Crippen MR) is 62.4 cm³/mol. The molecule has 98 valence electrons. The standard InChI is InChI=1S/C12H17N3O3/c16-12(17)9-2-1-5-15-11(9)13-10(14-15)8-3-6-18-7-4-8/h8-9H,1-7H2,(H,16,17). The maximum Gasteiger partial charge on any atom is 0.314 e. The Balaban J connectivity index is 1.88. The third kappa shape index (κ3) is 2.01. The molecule has 3 heterocycles. The summed E-state index contributed by atoms with van der Waals surface area (Å²) in [6, 6.07) is 0. The van der Waals surface area contributed by atoms with Crippen LogP contribution in [0.15, 0.2) is 0 Å². The van der Waals surface area contributed by atoms with Gasteiger partial charge >= 0.3 is 5.97 Å². The number of fused-ring (bicyclic) bond motifs is 1. The molecule has 6 nitrogen and oxygen atoms in total. The van der Waals surface area contributed by atoms with Gasteiger partial charge < -0.3 is 9.84 Å². The Morgan fingerprint density at radius 2 is 2.11 bits per heavy atom. The lowest BCUT2D eigenvalue weighted by Crippen LogP contribution is -2.22. The number of hydrogen-bond donors (Lipinski definition) is 1. The number of ether oxygens (including phenoxy) is 1. The number of carboxylic acids is 1. The Bertz CT molecular complexity index is 451. The molecule has 0 bridgehead atoms. The molecule has 1 atom stereocenters. The molecule has 1 fully saturated rings. The first-order valence-electron chi connectivity index (χ1n) is 6.51. The normalized spacial score (nSPS) is 24.8. The summed E-state index contributed by atoms with van der Waals surface area (Å²) in [5, 5.41) is 13.7. The minimum Gasteiger partial charge on any atom is -0.481 e. The van der Waals surface area contributed by atoms with Crippen molar-refractivity contribution in [2.24, 2.45) is 0 Å². The number of rotatable bonds is 2. The lowest BCUT2D eigenvalue weighted by atomic mass is 9.98. The van der Waals surface area contributed by atoms with Gasteiger partial charge in [-0.1, -0.05) is 0 Å². The van der Waals surface area contributed by atoms with Crippen molar-refractivity contribution in [2.75, 3.05) is 13.2 Å². The average molecular weight is 251 g/mol. The van der Waals surface area contributed by atoms with Gasteiger partial charge in [0.05, 0.1) is 0 Å². The second-order valence-corrected chi connectivity index (χ2v) is 4.97. The smallest absolute Gasteiger partial charge is 0.314 e. The summed E-state index contributed by atoms with van der Waals surface area (Å²) in [6.07, 6.45) is 3.39. The minimum absolute atomic E-state index is 0.325. The first-order valence-corrected chi connectivity index (χ1v) is 6.51. The third-order valence-corrected chi connectivity index (χ3v) is 3.78. The van der Waals surface area contributed by atoms with Crippen molar-refractivity contribution in [1.29, 1.82) is 0 Å². The lowest BCUT2D eigenvalue weighted by Gasteiger charge is -2.18. The van der Waals surface area contributed by atoms with Gasteiger partial charge in [-0.25, -0.2) is 9.67 Å². The van der Waals surface area contributed by atoms with E-state index in [1.165, 1.54) is 0 Å². The number of carbonyl (C=O) groups is 1. The molecular formula is C12H17N3O3. The van der Waals surface area contributed by atoms with Gasteiger partial charge in [-0.2, -0.15) is 5.10 Å². The SMILES string of the molecule is O=C(O)C1CCCn2nc(C3CCOCC3)nc21. The number of aryl methyl sites for hydroxylation is 1. The summed E-state index contributed by atoms with van der Waals surface area (Å²) < 4.78 is 7.11. The monoisotopic (exact) mass is 251 g/mol. The maximum absolute atomic E-state index is 11.2. The molecule has 1 saturated heterocycles. The Hall–Kier alpha value is -1.43. The number of nitrogens with zero attached hydrogens (tertiary/aromatic N) is 3. The van der Waals surface area contributed by atoms with Crippen LogP contribution in [-0.4, -0.2) is 39.1 Å². The largest absolute Gasteiger partial charge is 0.481 e. The molecule has 18 heavy (non-hydrogen) atoms. The summed E-state index contributed by atoms with van der Waals surface area (Å²) in [7, 11) is 0. The van der Waals surface area contributed by atoms with Gasteiger partial charge in [-0.3, -0.25) is 4.79 Å².